The summed E-state index contributed by atoms with van der Waals surface area (Å²) in [5.74, 6) is 3.52. The lowest BCUT2D eigenvalue weighted by Crippen LogP contribution is -2.01. The van der Waals surface area contributed by atoms with E-state index in [2.05, 4.69) is 54.7 Å². The van der Waals surface area contributed by atoms with E-state index in [0.717, 1.165) is 44.2 Å². The number of nitrogens with zero attached hydrogens (tertiary/aromatic N) is 8. The van der Waals surface area contributed by atoms with Crippen molar-refractivity contribution in [2.24, 2.45) is 0 Å². The van der Waals surface area contributed by atoms with Gasteiger partial charge in [0.25, 0.3) is 0 Å². The Morgan fingerprint density at radius 1 is 0.489 bits per heavy atom. The van der Waals surface area contributed by atoms with Gasteiger partial charge in [0.2, 0.25) is 0 Å². The molecule has 0 saturated carbocycles. The molecule has 3 heterocycles. The third-order valence-electron chi connectivity index (χ3n) is 8.09. The SMILES string of the molecule is [C-]#[N+]c1cc(-n2c3ccccc3c3ccc(-c4nc(-c5ccccc5)nc(-c5ccccc5)n4)cc32)ccc1-c1nc(C)nc(C)n1. The summed E-state index contributed by atoms with van der Waals surface area (Å²) in [5, 5.41) is 2.19. The molecule has 3 aromatic heterocycles. The molecule has 0 bridgehead atoms. The zero-order chi connectivity index (χ0) is 31.9. The maximum atomic E-state index is 8.04. The molecule has 0 aliphatic heterocycles. The fourth-order valence-electron chi connectivity index (χ4n) is 6.00. The average molecular weight is 607 g/mol. The second-order valence-corrected chi connectivity index (χ2v) is 11.2. The molecule has 222 valence electrons. The number of hydrogen-bond acceptors (Lipinski definition) is 6. The summed E-state index contributed by atoms with van der Waals surface area (Å²) in [5.41, 5.74) is 6.69. The summed E-state index contributed by atoms with van der Waals surface area (Å²) in [6, 6.07) is 40.4. The topological polar surface area (TPSA) is 86.6 Å². The second kappa shape index (κ2) is 11.4. The van der Waals surface area contributed by atoms with Crippen LogP contribution in [0.4, 0.5) is 5.69 Å². The number of rotatable bonds is 5. The van der Waals surface area contributed by atoms with Gasteiger partial charge in [0.1, 0.15) is 11.6 Å². The Hall–Kier alpha value is -6.59. The Bertz CT molecular complexity index is 2420. The zero-order valence-electron chi connectivity index (χ0n) is 25.6. The van der Waals surface area contributed by atoms with Gasteiger partial charge in [-0.05, 0) is 38.1 Å². The summed E-state index contributed by atoms with van der Waals surface area (Å²) in [4.78, 5) is 32.0. The highest BCUT2D eigenvalue weighted by molar-refractivity contribution is 6.10. The highest BCUT2D eigenvalue weighted by atomic mass is 15.0. The van der Waals surface area contributed by atoms with Crippen molar-refractivity contribution in [3.63, 3.8) is 0 Å². The number of benzene rings is 5. The maximum absolute atomic E-state index is 8.04. The van der Waals surface area contributed by atoms with Gasteiger partial charge < -0.3 is 4.57 Å². The van der Waals surface area contributed by atoms with Gasteiger partial charge in [0, 0.05) is 38.7 Å². The number of hydrogen-bond donors (Lipinski definition) is 0. The van der Waals surface area contributed by atoms with Crippen molar-refractivity contribution in [1.82, 2.24) is 34.5 Å². The molecule has 0 saturated heterocycles. The molecule has 0 amide bonds. The normalized spacial score (nSPS) is 11.2. The first kappa shape index (κ1) is 27.9. The van der Waals surface area contributed by atoms with Crippen LogP contribution in [0.1, 0.15) is 11.6 Å². The molecule has 0 spiro atoms. The van der Waals surface area contributed by atoms with Crippen molar-refractivity contribution in [1.29, 1.82) is 0 Å². The quantitative estimate of drug-likeness (QED) is 0.182. The summed E-state index contributed by atoms with van der Waals surface area (Å²) in [7, 11) is 0. The van der Waals surface area contributed by atoms with Crippen LogP contribution in [-0.4, -0.2) is 34.5 Å². The Balaban J connectivity index is 1.34. The van der Waals surface area contributed by atoms with E-state index in [1.165, 1.54) is 0 Å². The van der Waals surface area contributed by atoms with Crippen molar-refractivity contribution in [3.8, 4) is 51.2 Å². The molecule has 47 heavy (non-hydrogen) atoms. The summed E-state index contributed by atoms with van der Waals surface area (Å²) in [6.45, 7) is 11.7. The van der Waals surface area contributed by atoms with E-state index < -0.39 is 0 Å². The lowest BCUT2D eigenvalue weighted by atomic mass is 10.1. The fourth-order valence-corrected chi connectivity index (χ4v) is 6.00. The van der Waals surface area contributed by atoms with Crippen LogP contribution in [0, 0.1) is 20.4 Å². The molecule has 5 aromatic carbocycles. The monoisotopic (exact) mass is 606 g/mol. The average Bonchev–Trinajstić information content (AvgIpc) is 3.45. The molecular weight excluding hydrogens is 580 g/mol. The minimum atomic E-state index is 0.465. The standard InChI is InChI=1S/C39H26N8/c1-24-41-25(2)43-39(42-24)32-21-19-29(23-33(32)40-3)47-34-17-11-10-16-30(34)31-20-18-28(22-35(31)47)38-45-36(26-12-6-4-7-13-26)44-37(46-38)27-14-8-5-9-15-27/h4-23H,1-2H3. The number of para-hydroxylation sites is 1. The largest absolute Gasteiger partial charge is 0.310 e. The predicted molar refractivity (Wildman–Crippen MR) is 185 cm³/mol. The van der Waals surface area contributed by atoms with Gasteiger partial charge in [-0.15, -0.1) is 0 Å². The molecule has 8 aromatic rings. The summed E-state index contributed by atoms with van der Waals surface area (Å²) >= 11 is 0. The Morgan fingerprint density at radius 2 is 1.06 bits per heavy atom. The number of aryl methyl sites for hydroxylation is 2. The summed E-state index contributed by atoms with van der Waals surface area (Å²) in [6.07, 6.45) is 0. The van der Waals surface area contributed by atoms with Gasteiger partial charge in [0.05, 0.1) is 17.6 Å². The highest BCUT2D eigenvalue weighted by Crippen LogP contribution is 2.37. The second-order valence-electron chi connectivity index (χ2n) is 11.2. The van der Waals surface area contributed by atoms with Crippen LogP contribution >= 0.6 is 0 Å². The number of aromatic nitrogens is 7. The van der Waals surface area contributed by atoms with Gasteiger partial charge in [-0.1, -0.05) is 97.1 Å². The van der Waals surface area contributed by atoms with Crippen molar-refractivity contribution in [2.75, 3.05) is 0 Å². The lowest BCUT2D eigenvalue weighted by molar-refractivity contribution is 0.929. The van der Waals surface area contributed by atoms with Crippen molar-refractivity contribution >= 4 is 27.5 Å². The zero-order valence-corrected chi connectivity index (χ0v) is 25.6. The van der Waals surface area contributed by atoms with E-state index in [1.807, 2.05) is 105 Å². The summed E-state index contributed by atoms with van der Waals surface area (Å²) < 4.78 is 2.19. The molecule has 0 atom stereocenters. The van der Waals surface area contributed by atoms with Crippen molar-refractivity contribution < 1.29 is 0 Å². The first-order valence-corrected chi connectivity index (χ1v) is 15.2. The van der Waals surface area contributed by atoms with Crippen LogP contribution in [0.5, 0.6) is 0 Å². The predicted octanol–water partition coefficient (Wildman–Crippen LogP) is 8.99. The van der Waals surface area contributed by atoms with Crippen molar-refractivity contribution in [3.05, 3.63) is 144 Å². The molecule has 0 unspecified atom stereocenters. The van der Waals surface area contributed by atoms with Gasteiger partial charge in [-0.3, -0.25) is 0 Å². The third kappa shape index (κ3) is 5.06. The Kier molecular flexibility index (Phi) is 6.77. The van der Waals surface area contributed by atoms with E-state index in [0.29, 0.717) is 46.2 Å². The van der Waals surface area contributed by atoms with Crippen LogP contribution in [0.15, 0.2) is 121 Å². The van der Waals surface area contributed by atoms with E-state index in [4.69, 9.17) is 21.5 Å². The van der Waals surface area contributed by atoms with Crippen LogP contribution in [-0.2, 0) is 0 Å². The minimum Gasteiger partial charge on any atom is -0.310 e. The Labute approximate surface area is 271 Å². The van der Waals surface area contributed by atoms with Gasteiger partial charge in [-0.2, -0.15) is 0 Å². The first-order valence-electron chi connectivity index (χ1n) is 15.2. The Morgan fingerprint density at radius 3 is 1.70 bits per heavy atom. The molecule has 0 fully saturated rings. The molecular formula is C39H26N8. The van der Waals surface area contributed by atoms with Gasteiger partial charge in [0.15, 0.2) is 29.0 Å². The van der Waals surface area contributed by atoms with E-state index in [-0.39, 0.29) is 0 Å². The van der Waals surface area contributed by atoms with E-state index >= 15 is 0 Å². The third-order valence-corrected chi connectivity index (χ3v) is 8.09. The lowest BCUT2D eigenvalue weighted by Gasteiger charge is -2.12. The molecule has 8 nitrogen and oxygen atoms in total. The van der Waals surface area contributed by atoms with Crippen LogP contribution in [0.2, 0.25) is 0 Å². The van der Waals surface area contributed by atoms with Crippen LogP contribution in [0.25, 0.3) is 77.9 Å². The van der Waals surface area contributed by atoms with Crippen molar-refractivity contribution in [2.45, 2.75) is 13.8 Å². The molecule has 0 N–H and O–H groups in total. The van der Waals surface area contributed by atoms with E-state index in [9.17, 15) is 0 Å². The minimum absolute atomic E-state index is 0.465. The molecule has 0 radical (unpaired) electrons. The molecule has 0 aliphatic carbocycles. The molecule has 8 heteroatoms. The molecule has 0 aliphatic rings. The van der Waals surface area contributed by atoms with Crippen LogP contribution in [0.3, 0.4) is 0 Å². The smallest absolute Gasteiger partial charge is 0.200 e. The first-order chi connectivity index (χ1) is 23.1. The van der Waals surface area contributed by atoms with Gasteiger partial charge >= 0.3 is 0 Å². The van der Waals surface area contributed by atoms with Crippen LogP contribution < -0.4 is 0 Å². The highest BCUT2D eigenvalue weighted by Gasteiger charge is 2.18. The van der Waals surface area contributed by atoms with Gasteiger partial charge in [-0.25, -0.2) is 34.7 Å². The fraction of sp³-hybridized carbons (Fsp3) is 0.0513. The molecule has 8 rings (SSSR count). The van der Waals surface area contributed by atoms with E-state index in [1.54, 1.807) is 0 Å². The maximum Gasteiger partial charge on any atom is 0.200 e. The number of fused-ring (bicyclic) bond motifs is 3.